The molecule has 0 saturated carbocycles. The number of allylic oxidation sites excluding steroid dienone is 2. The number of anilines is 1. The Morgan fingerprint density at radius 2 is 1.07 bits per heavy atom. The molecule has 0 bridgehead atoms. The van der Waals surface area contributed by atoms with E-state index in [0.717, 1.165) is 96.6 Å². The average molecular weight is 733 g/mol. The Morgan fingerprint density at radius 1 is 0.491 bits per heavy atom. The van der Waals surface area contributed by atoms with Crippen molar-refractivity contribution in [2.24, 2.45) is 0 Å². The van der Waals surface area contributed by atoms with Crippen LogP contribution >= 0.6 is 0 Å². The molecule has 10 rings (SSSR count). The minimum Gasteiger partial charge on any atom is -0.370 e. The Kier molecular flexibility index (Phi) is 8.72. The molecule has 0 amide bonds. The second kappa shape index (κ2) is 14.5. The van der Waals surface area contributed by atoms with E-state index in [2.05, 4.69) is 170 Å². The monoisotopic (exact) mass is 732 g/mol. The van der Waals surface area contributed by atoms with Crippen molar-refractivity contribution in [1.82, 2.24) is 15.0 Å². The zero-order valence-electron chi connectivity index (χ0n) is 31.7. The number of pyridine rings is 1. The SMILES string of the molecule is C[C@@]1(C2=CCCC=C2)C=Cc2ccc3c(-c4ccccc4)cc(-c4cccc(-c5cccc(-c6cc(-c7ccccc7)nc(-c7ccccc7)n6)c5)c4)nc3c2N1. The molecule has 272 valence electrons. The van der Waals surface area contributed by atoms with Gasteiger partial charge in [0, 0.05) is 27.6 Å². The molecule has 0 radical (unpaired) electrons. The molecule has 0 spiro atoms. The van der Waals surface area contributed by atoms with E-state index in [1.54, 1.807) is 0 Å². The molecule has 3 heterocycles. The van der Waals surface area contributed by atoms with Crippen LogP contribution in [-0.4, -0.2) is 20.5 Å². The predicted molar refractivity (Wildman–Crippen MR) is 237 cm³/mol. The van der Waals surface area contributed by atoms with Gasteiger partial charge in [-0.1, -0.05) is 170 Å². The number of nitrogens with zero attached hydrogens (tertiary/aromatic N) is 3. The van der Waals surface area contributed by atoms with Gasteiger partial charge in [-0.15, -0.1) is 0 Å². The van der Waals surface area contributed by atoms with Gasteiger partial charge < -0.3 is 5.32 Å². The van der Waals surface area contributed by atoms with E-state index in [-0.39, 0.29) is 5.54 Å². The van der Waals surface area contributed by atoms with E-state index in [1.165, 1.54) is 5.57 Å². The van der Waals surface area contributed by atoms with Gasteiger partial charge in [-0.25, -0.2) is 15.0 Å². The van der Waals surface area contributed by atoms with Gasteiger partial charge in [0.2, 0.25) is 0 Å². The Hall–Kier alpha value is -7.17. The summed E-state index contributed by atoms with van der Waals surface area (Å²) in [5.41, 5.74) is 15.5. The molecule has 1 N–H and O–H groups in total. The molecule has 0 saturated heterocycles. The largest absolute Gasteiger partial charge is 0.370 e. The maximum absolute atomic E-state index is 5.48. The van der Waals surface area contributed by atoms with Crippen molar-refractivity contribution < 1.29 is 0 Å². The Morgan fingerprint density at radius 3 is 1.72 bits per heavy atom. The van der Waals surface area contributed by atoms with E-state index in [1.807, 2.05) is 36.4 Å². The quantitative estimate of drug-likeness (QED) is 0.177. The fourth-order valence-corrected chi connectivity index (χ4v) is 8.09. The van der Waals surface area contributed by atoms with Gasteiger partial charge in [0.1, 0.15) is 0 Å². The van der Waals surface area contributed by atoms with Gasteiger partial charge in [0.25, 0.3) is 0 Å². The molecule has 0 unspecified atom stereocenters. The summed E-state index contributed by atoms with van der Waals surface area (Å²) in [5.74, 6) is 0.704. The highest BCUT2D eigenvalue weighted by Crippen LogP contribution is 2.42. The van der Waals surface area contributed by atoms with Crippen LogP contribution in [-0.2, 0) is 0 Å². The highest BCUT2D eigenvalue weighted by Gasteiger charge is 2.30. The molecular weight excluding hydrogens is 693 g/mol. The van der Waals surface area contributed by atoms with Crippen LogP contribution in [0, 0.1) is 0 Å². The number of fused-ring (bicyclic) bond motifs is 3. The predicted octanol–water partition coefficient (Wildman–Crippen LogP) is 13.5. The van der Waals surface area contributed by atoms with E-state index >= 15 is 0 Å². The van der Waals surface area contributed by atoms with Gasteiger partial charge in [0.05, 0.1) is 33.8 Å². The van der Waals surface area contributed by atoms with Crippen molar-refractivity contribution in [3.8, 4) is 67.4 Å². The summed E-state index contributed by atoms with van der Waals surface area (Å²) in [6.45, 7) is 2.26. The molecule has 1 atom stereocenters. The normalized spacial score (nSPS) is 15.8. The third-order valence-electron chi connectivity index (χ3n) is 11.2. The van der Waals surface area contributed by atoms with Gasteiger partial charge in [-0.05, 0) is 77.4 Å². The lowest BCUT2D eigenvalue weighted by atomic mass is 9.84. The zero-order valence-corrected chi connectivity index (χ0v) is 31.7. The van der Waals surface area contributed by atoms with Gasteiger partial charge in [-0.3, -0.25) is 0 Å². The summed E-state index contributed by atoms with van der Waals surface area (Å²) >= 11 is 0. The summed E-state index contributed by atoms with van der Waals surface area (Å²) in [7, 11) is 0. The molecule has 6 aromatic carbocycles. The van der Waals surface area contributed by atoms with E-state index < -0.39 is 0 Å². The summed E-state index contributed by atoms with van der Waals surface area (Å²) in [4.78, 5) is 15.6. The third-order valence-corrected chi connectivity index (χ3v) is 11.2. The maximum atomic E-state index is 5.48. The summed E-state index contributed by atoms with van der Waals surface area (Å²) < 4.78 is 0. The van der Waals surface area contributed by atoms with E-state index in [4.69, 9.17) is 15.0 Å². The van der Waals surface area contributed by atoms with Gasteiger partial charge in [-0.2, -0.15) is 0 Å². The summed E-state index contributed by atoms with van der Waals surface area (Å²) in [6.07, 6.45) is 13.6. The third kappa shape index (κ3) is 6.66. The maximum Gasteiger partial charge on any atom is 0.160 e. The molecule has 4 heteroatoms. The number of rotatable bonds is 7. The Bertz CT molecular complexity index is 2820. The Balaban J connectivity index is 1.08. The van der Waals surface area contributed by atoms with Crippen molar-refractivity contribution >= 4 is 22.7 Å². The van der Waals surface area contributed by atoms with Crippen LogP contribution in [0.25, 0.3) is 84.4 Å². The molecule has 2 aromatic heterocycles. The van der Waals surface area contributed by atoms with Crippen molar-refractivity contribution in [1.29, 1.82) is 0 Å². The zero-order chi connectivity index (χ0) is 38.2. The number of hydrogen-bond acceptors (Lipinski definition) is 4. The van der Waals surface area contributed by atoms with Gasteiger partial charge >= 0.3 is 0 Å². The molecule has 57 heavy (non-hydrogen) atoms. The van der Waals surface area contributed by atoms with Crippen LogP contribution < -0.4 is 5.32 Å². The van der Waals surface area contributed by atoms with Crippen molar-refractivity contribution in [3.63, 3.8) is 0 Å². The van der Waals surface area contributed by atoms with Crippen LogP contribution in [0.4, 0.5) is 5.69 Å². The first-order chi connectivity index (χ1) is 28.1. The molecule has 8 aromatic rings. The first-order valence-electron chi connectivity index (χ1n) is 19.7. The lowest BCUT2D eigenvalue weighted by molar-refractivity contribution is 0.748. The van der Waals surface area contributed by atoms with E-state index in [9.17, 15) is 0 Å². The van der Waals surface area contributed by atoms with Crippen LogP contribution in [0.3, 0.4) is 0 Å². The fourth-order valence-electron chi connectivity index (χ4n) is 8.09. The van der Waals surface area contributed by atoms with Crippen LogP contribution in [0.5, 0.6) is 0 Å². The fraction of sp³-hybridized carbons (Fsp3) is 0.0755. The van der Waals surface area contributed by atoms with Crippen molar-refractivity contribution in [2.75, 3.05) is 5.32 Å². The lowest BCUT2D eigenvalue weighted by Gasteiger charge is -2.35. The molecule has 0 fully saturated rings. The number of benzene rings is 6. The summed E-state index contributed by atoms with van der Waals surface area (Å²) in [5, 5.41) is 5.08. The number of aromatic nitrogens is 3. The van der Waals surface area contributed by atoms with Crippen molar-refractivity contribution in [3.05, 3.63) is 199 Å². The average Bonchev–Trinajstić information content (AvgIpc) is 3.29. The number of nitrogens with one attached hydrogen (secondary N) is 1. The summed E-state index contributed by atoms with van der Waals surface area (Å²) in [6, 6.07) is 57.4. The minimum absolute atomic E-state index is 0.332. The second-order valence-corrected chi connectivity index (χ2v) is 15.0. The van der Waals surface area contributed by atoms with Crippen molar-refractivity contribution in [2.45, 2.75) is 25.3 Å². The highest BCUT2D eigenvalue weighted by molar-refractivity contribution is 6.05. The minimum atomic E-state index is -0.332. The van der Waals surface area contributed by atoms with Crippen LogP contribution in [0.2, 0.25) is 0 Å². The van der Waals surface area contributed by atoms with Crippen LogP contribution in [0.1, 0.15) is 25.3 Å². The standard InChI is InChI=1S/C53H40N4/c1-53(44-26-12-5-13-27-44)31-30-38-28-29-45-46(36-16-6-2-7-17-36)34-47(54-51(45)50(38)57-53)42-24-14-22-40(32-42)41-23-15-25-43(33-41)49-35-48(37-18-8-3-9-19-37)55-52(56-49)39-20-10-4-11-21-39/h2-4,6-12,14-35,57H,5,13H2,1H3/t53-/m0/s1. The molecule has 4 nitrogen and oxygen atoms in total. The smallest absolute Gasteiger partial charge is 0.160 e. The number of hydrogen-bond donors (Lipinski definition) is 1. The highest BCUT2D eigenvalue weighted by atomic mass is 15.0. The lowest BCUT2D eigenvalue weighted by Crippen LogP contribution is -2.36. The topological polar surface area (TPSA) is 50.7 Å². The van der Waals surface area contributed by atoms with E-state index in [0.29, 0.717) is 5.82 Å². The first kappa shape index (κ1) is 34.3. The first-order valence-corrected chi connectivity index (χ1v) is 19.7. The molecule has 1 aliphatic carbocycles. The molecule has 2 aliphatic rings. The molecule has 1 aliphatic heterocycles. The van der Waals surface area contributed by atoms with Gasteiger partial charge in [0.15, 0.2) is 5.82 Å². The second-order valence-electron chi connectivity index (χ2n) is 15.0. The molecular formula is C53H40N4. The Labute approximate surface area is 333 Å². The van der Waals surface area contributed by atoms with Crippen LogP contribution in [0.15, 0.2) is 194 Å².